The van der Waals surface area contributed by atoms with Gasteiger partial charge in [0.05, 0.1) is 0 Å². The van der Waals surface area contributed by atoms with E-state index in [1.807, 2.05) is 0 Å². The standard InChI is InChI=1S/C12H13/c1-9-7-8-10(2)12-6-4-3-5-11(9)12/h3-5,7-8H,6H2,1-2H3. The smallest absolute Gasteiger partial charge is 0.0127 e. The number of benzene rings is 1. The normalized spacial score (nSPS) is 14.5. The van der Waals surface area contributed by atoms with Gasteiger partial charge in [0.1, 0.15) is 0 Å². The van der Waals surface area contributed by atoms with Crippen LogP contribution >= 0.6 is 0 Å². The maximum absolute atomic E-state index is 2.22. The quantitative estimate of drug-likeness (QED) is 0.543. The van der Waals surface area contributed by atoms with Crippen LogP contribution in [0.4, 0.5) is 0 Å². The molecule has 12 heavy (non-hydrogen) atoms. The molecule has 0 unspecified atom stereocenters. The fourth-order valence-corrected chi connectivity index (χ4v) is 1.74. The van der Waals surface area contributed by atoms with Crippen LogP contribution in [0.25, 0.3) is 0 Å². The van der Waals surface area contributed by atoms with E-state index in [9.17, 15) is 0 Å². The van der Waals surface area contributed by atoms with Crippen molar-refractivity contribution in [1.29, 1.82) is 0 Å². The minimum Gasteiger partial charge on any atom is -0.0835 e. The Morgan fingerprint density at radius 2 is 1.83 bits per heavy atom. The highest BCUT2D eigenvalue weighted by atomic mass is 14.1. The molecule has 1 aromatic carbocycles. The van der Waals surface area contributed by atoms with Gasteiger partial charge in [-0.05, 0) is 42.5 Å². The Morgan fingerprint density at radius 3 is 2.58 bits per heavy atom. The van der Waals surface area contributed by atoms with E-state index in [0.717, 1.165) is 6.42 Å². The molecule has 61 valence electrons. The first-order valence-electron chi connectivity index (χ1n) is 4.38. The van der Waals surface area contributed by atoms with E-state index in [0.29, 0.717) is 0 Å². The van der Waals surface area contributed by atoms with Crippen LogP contribution in [0.5, 0.6) is 0 Å². The van der Waals surface area contributed by atoms with Crippen LogP contribution in [0, 0.1) is 20.3 Å². The summed E-state index contributed by atoms with van der Waals surface area (Å²) in [6.07, 6.45) is 7.67. The van der Waals surface area contributed by atoms with Gasteiger partial charge in [0.15, 0.2) is 0 Å². The van der Waals surface area contributed by atoms with Crippen LogP contribution in [-0.4, -0.2) is 0 Å². The zero-order chi connectivity index (χ0) is 8.55. The zero-order valence-electron chi connectivity index (χ0n) is 7.59. The van der Waals surface area contributed by atoms with Crippen molar-refractivity contribution in [3.05, 3.63) is 53.0 Å². The predicted octanol–water partition coefficient (Wildman–Crippen LogP) is 2.97. The van der Waals surface area contributed by atoms with E-state index in [1.54, 1.807) is 0 Å². The third-order valence-electron chi connectivity index (χ3n) is 2.53. The van der Waals surface area contributed by atoms with Crippen molar-refractivity contribution in [1.82, 2.24) is 0 Å². The van der Waals surface area contributed by atoms with Gasteiger partial charge in [-0.15, -0.1) is 0 Å². The summed E-state index contributed by atoms with van der Waals surface area (Å²) >= 11 is 0. The Hall–Kier alpha value is -1.04. The van der Waals surface area contributed by atoms with E-state index >= 15 is 0 Å². The van der Waals surface area contributed by atoms with Gasteiger partial charge in [0.25, 0.3) is 0 Å². The average Bonchev–Trinajstić information content (AvgIpc) is 2.12. The van der Waals surface area contributed by atoms with Crippen LogP contribution < -0.4 is 0 Å². The molecular formula is C12H13. The molecule has 0 heteroatoms. The molecule has 0 aliphatic heterocycles. The summed E-state index contributed by atoms with van der Waals surface area (Å²) in [5.41, 5.74) is 5.73. The SMILES string of the molecule is Cc1ccc(C)c2c1[CH]C=CC2. The lowest BCUT2D eigenvalue weighted by Gasteiger charge is -2.15. The number of hydrogen-bond acceptors (Lipinski definition) is 0. The largest absolute Gasteiger partial charge is 0.0835 e. The summed E-state index contributed by atoms with van der Waals surface area (Å²) in [7, 11) is 0. The molecule has 1 aromatic rings. The monoisotopic (exact) mass is 157 g/mol. The summed E-state index contributed by atoms with van der Waals surface area (Å²) in [6.45, 7) is 4.36. The minimum atomic E-state index is 1.10. The topological polar surface area (TPSA) is 0 Å². The van der Waals surface area contributed by atoms with Crippen LogP contribution in [-0.2, 0) is 6.42 Å². The molecule has 1 aliphatic rings. The van der Waals surface area contributed by atoms with Crippen LogP contribution in [0.2, 0.25) is 0 Å². The number of aryl methyl sites for hydroxylation is 2. The molecule has 2 rings (SSSR count). The minimum absolute atomic E-state index is 1.10. The van der Waals surface area contributed by atoms with E-state index in [4.69, 9.17) is 0 Å². The van der Waals surface area contributed by atoms with Crippen molar-refractivity contribution in [3.63, 3.8) is 0 Å². The first-order chi connectivity index (χ1) is 5.79. The molecule has 1 aliphatic carbocycles. The number of fused-ring (bicyclic) bond motifs is 1. The second-order valence-corrected chi connectivity index (χ2v) is 3.39. The molecule has 0 spiro atoms. The van der Waals surface area contributed by atoms with Gasteiger partial charge in [0.2, 0.25) is 0 Å². The highest BCUT2D eigenvalue weighted by Gasteiger charge is 2.09. The molecular weight excluding hydrogens is 144 g/mol. The predicted molar refractivity (Wildman–Crippen MR) is 52.2 cm³/mol. The highest BCUT2D eigenvalue weighted by Crippen LogP contribution is 2.24. The lowest BCUT2D eigenvalue weighted by atomic mass is 9.90. The average molecular weight is 157 g/mol. The molecule has 0 aromatic heterocycles. The first kappa shape index (κ1) is 7.60. The van der Waals surface area contributed by atoms with Crippen molar-refractivity contribution in [2.75, 3.05) is 0 Å². The summed E-state index contributed by atoms with van der Waals surface area (Å²) in [5.74, 6) is 0. The van der Waals surface area contributed by atoms with Crippen molar-refractivity contribution < 1.29 is 0 Å². The molecule has 0 saturated heterocycles. The zero-order valence-corrected chi connectivity index (χ0v) is 7.59. The summed E-state index contributed by atoms with van der Waals surface area (Å²) in [6, 6.07) is 4.41. The van der Waals surface area contributed by atoms with Gasteiger partial charge in [-0.2, -0.15) is 0 Å². The summed E-state index contributed by atoms with van der Waals surface area (Å²) < 4.78 is 0. The third kappa shape index (κ3) is 1.08. The molecule has 0 amide bonds. The van der Waals surface area contributed by atoms with Gasteiger partial charge in [-0.1, -0.05) is 24.3 Å². The van der Waals surface area contributed by atoms with Crippen LogP contribution in [0.15, 0.2) is 24.3 Å². The molecule has 0 atom stereocenters. The van der Waals surface area contributed by atoms with Gasteiger partial charge in [-0.25, -0.2) is 0 Å². The van der Waals surface area contributed by atoms with Crippen molar-refractivity contribution in [2.45, 2.75) is 20.3 Å². The van der Waals surface area contributed by atoms with Crippen molar-refractivity contribution in [3.8, 4) is 0 Å². The fourth-order valence-electron chi connectivity index (χ4n) is 1.74. The van der Waals surface area contributed by atoms with Crippen LogP contribution in [0.3, 0.4) is 0 Å². The molecule has 1 radical (unpaired) electrons. The molecule has 0 nitrogen and oxygen atoms in total. The molecule has 0 bridgehead atoms. The fraction of sp³-hybridized carbons (Fsp3) is 0.250. The Morgan fingerprint density at radius 1 is 1.08 bits per heavy atom. The Kier molecular flexibility index (Phi) is 1.76. The van der Waals surface area contributed by atoms with Gasteiger partial charge in [-0.3, -0.25) is 0 Å². The number of rotatable bonds is 0. The maximum Gasteiger partial charge on any atom is 0.0127 e. The van der Waals surface area contributed by atoms with Gasteiger partial charge in [0, 0.05) is 6.42 Å². The van der Waals surface area contributed by atoms with E-state index in [2.05, 4.69) is 44.6 Å². The highest BCUT2D eigenvalue weighted by molar-refractivity contribution is 5.49. The molecule has 0 N–H and O–H groups in total. The number of hydrogen-bond donors (Lipinski definition) is 0. The molecule has 0 heterocycles. The third-order valence-corrected chi connectivity index (χ3v) is 2.53. The Labute approximate surface area is 73.9 Å². The molecule has 0 saturated carbocycles. The maximum atomic E-state index is 2.22. The van der Waals surface area contributed by atoms with Crippen LogP contribution in [0.1, 0.15) is 22.3 Å². The van der Waals surface area contributed by atoms with E-state index < -0.39 is 0 Å². The molecule has 0 fully saturated rings. The Bertz CT molecular complexity index is 299. The Balaban J connectivity index is 2.61. The lowest BCUT2D eigenvalue weighted by Crippen LogP contribution is -2.00. The van der Waals surface area contributed by atoms with Crippen molar-refractivity contribution >= 4 is 0 Å². The van der Waals surface area contributed by atoms with Crippen molar-refractivity contribution in [2.24, 2.45) is 0 Å². The summed E-state index contributed by atoms with van der Waals surface area (Å²) in [4.78, 5) is 0. The van der Waals surface area contributed by atoms with Gasteiger partial charge < -0.3 is 0 Å². The van der Waals surface area contributed by atoms with E-state index in [1.165, 1.54) is 22.3 Å². The van der Waals surface area contributed by atoms with Gasteiger partial charge >= 0.3 is 0 Å². The second kappa shape index (κ2) is 2.78. The van der Waals surface area contributed by atoms with E-state index in [-0.39, 0.29) is 0 Å². The number of allylic oxidation sites excluding steroid dienone is 2. The first-order valence-corrected chi connectivity index (χ1v) is 4.38. The second-order valence-electron chi connectivity index (χ2n) is 3.39. The summed E-state index contributed by atoms with van der Waals surface area (Å²) in [5, 5.41) is 0. The lowest BCUT2D eigenvalue weighted by molar-refractivity contribution is 1.13.